The van der Waals surface area contributed by atoms with Gasteiger partial charge in [0.2, 0.25) is 0 Å². The molecule has 0 aromatic carbocycles. The molecule has 1 aliphatic rings. The summed E-state index contributed by atoms with van der Waals surface area (Å²) in [7, 11) is -3.67. The monoisotopic (exact) mass is 275 g/mol. The molecule has 8 heteroatoms. The average Bonchev–Trinajstić information content (AvgIpc) is 2.87. The van der Waals surface area contributed by atoms with E-state index in [1.807, 2.05) is 0 Å². The van der Waals surface area contributed by atoms with Crippen LogP contribution >= 0.6 is 0 Å². The van der Waals surface area contributed by atoms with Gasteiger partial charge in [0, 0.05) is 18.7 Å². The molecule has 102 valence electrons. The fourth-order valence-electron chi connectivity index (χ4n) is 1.89. The maximum absolute atomic E-state index is 12.0. The zero-order chi connectivity index (χ0) is 13.0. The van der Waals surface area contributed by atoms with Crippen molar-refractivity contribution in [1.82, 2.24) is 14.9 Å². The van der Waals surface area contributed by atoms with Gasteiger partial charge in [0.1, 0.15) is 0 Å². The van der Waals surface area contributed by atoms with Gasteiger partial charge in [-0.1, -0.05) is 0 Å². The van der Waals surface area contributed by atoms with Crippen molar-refractivity contribution in [2.75, 3.05) is 13.2 Å². The molecule has 3 N–H and O–H groups in total. The minimum absolute atomic E-state index is 0.0750. The lowest BCUT2D eigenvalue weighted by Gasteiger charge is -2.22. The van der Waals surface area contributed by atoms with Crippen molar-refractivity contribution in [3.63, 3.8) is 0 Å². The van der Waals surface area contributed by atoms with Gasteiger partial charge >= 0.3 is 0 Å². The standard InChI is InChI=1S/C10H17N3O4S/c14-7-8-5-11-13-10(8)18(15,16)12-6-9-3-1-2-4-17-9/h5,9,12,14H,1-4,6-7H2,(H,11,13). The molecular formula is C10H17N3O4S. The molecule has 0 bridgehead atoms. The van der Waals surface area contributed by atoms with E-state index >= 15 is 0 Å². The zero-order valence-electron chi connectivity index (χ0n) is 9.92. The summed E-state index contributed by atoms with van der Waals surface area (Å²) in [6.07, 6.45) is 4.16. The molecule has 0 radical (unpaired) electrons. The van der Waals surface area contributed by atoms with Crippen LogP contribution in [0.25, 0.3) is 0 Å². The van der Waals surface area contributed by atoms with Crippen molar-refractivity contribution in [1.29, 1.82) is 0 Å². The largest absolute Gasteiger partial charge is 0.392 e. The van der Waals surface area contributed by atoms with Gasteiger partial charge in [0.05, 0.1) is 18.9 Å². The van der Waals surface area contributed by atoms with Crippen LogP contribution in [-0.2, 0) is 21.4 Å². The van der Waals surface area contributed by atoms with E-state index in [1.54, 1.807) is 0 Å². The third kappa shape index (κ3) is 3.08. The summed E-state index contributed by atoms with van der Waals surface area (Å²) in [5.41, 5.74) is 0.257. The van der Waals surface area contributed by atoms with E-state index in [0.717, 1.165) is 19.3 Å². The third-order valence-corrected chi connectivity index (χ3v) is 4.33. The second kappa shape index (κ2) is 5.79. The molecule has 18 heavy (non-hydrogen) atoms. The number of rotatable bonds is 5. The summed E-state index contributed by atoms with van der Waals surface area (Å²) in [6.45, 7) is 0.553. The van der Waals surface area contributed by atoms with E-state index in [0.29, 0.717) is 6.61 Å². The maximum Gasteiger partial charge on any atom is 0.257 e. The highest BCUT2D eigenvalue weighted by Crippen LogP contribution is 2.14. The quantitative estimate of drug-likeness (QED) is 0.687. The SMILES string of the molecule is O=S(=O)(NCC1CCCCO1)c1[nH]ncc1CO. The smallest absolute Gasteiger partial charge is 0.257 e. The second-order valence-electron chi connectivity index (χ2n) is 4.22. The van der Waals surface area contributed by atoms with Crippen molar-refractivity contribution in [3.05, 3.63) is 11.8 Å². The maximum atomic E-state index is 12.0. The Labute approximate surface area is 106 Å². The molecular weight excluding hydrogens is 258 g/mol. The Morgan fingerprint density at radius 3 is 3.06 bits per heavy atom. The Kier molecular flexibility index (Phi) is 4.33. The Morgan fingerprint density at radius 2 is 2.39 bits per heavy atom. The van der Waals surface area contributed by atoms with Gasteiger partial charge < -0.3 is 9.84 Å². The first-order valence-corrected chi connectivity index (χ1v) is 7.36. The Balaban J connectivity index is 1.99. The van der Waals surface area contributed by atoms with E-state index in [2.05, 4.69) is 14.9 Å². The molecule has 2 rings (SSSR count). The first-order chi connectivity index (χ1) is 8.63. The molecule has 0 aliphatic carbocycles. The third-order valence-electron chi connectivity index (χ3n) is 2.89. The lowest BCUT2D eigenvalue weighted by Crippen LogP contribution is -2.35. The number of aliphatic hydroxyl groups excluding tert-OH is 1. The normalized spacial score (nSPS) is 21.1. The number of nitrogens with zero attached hydrogens (tertiary/aromatic N) is 1. The van der Waals surface area contributed by atoms with E-state index < -0.39 is 10.0 Å². The van der Waals surface area contributed by atoms with Crippen molar-refractivity contribution in [3.8, 4) is 0 Å². The predicted molar refractivity (Wildman–Crippen MR) is 63.3 cm³/mol. The van der Waals surface area contributed by atoms with Gasteiger partial charge in [-0.05, 0) is 19.3 Å². The minimum Gasteiger partial charge on any atom is -0.392 e. The van der Waals surface area contributed by atoms with Crippen molar-refractivity contribution in [2.24, 2.45) is 0 Å². The van der Waals surface area contributed by atoms with Crippen molar-refractivity contribution < 1.29 is 18.3 Å². The number of H-pyrrole nitrogens is 1. The van der Waals surface area contributed by atoms with Crippen molar-refractivity contribution >= 4 is 10.0 Å². The minimum atomic E-state index is -3.67. The Morgan fingerprint density at radius 1 is 1.56 bits per heavy atom. The summed E-state index contributed by atoms with van der Waals surface area (Å²) in [5.74, 6) is 0. The number of nitrogens with one attached hydrogen (secondary N) is 2. The van der Waals surface area contributed by atoms with Gasteiger partial charge in [-0.2, -0.15) is 5.10 Å². The lowest BCUT2D eigenvalue weighted by atomic mass is 10.1. The summed E-state index contributed by atoms with van der Waals surface area (Å²) in [6, 6.07) is 0. The zero-order valence-corrected chi connectivity index (χ0v) is 10.7. The molecule has 0 amide bonds. The molecule has 1 saturated heterocycles. The average molecular weight is 275 g/mol. The number of hydrogen-bond acceptors (Lipinski definition) is 5. The molecule has 1 fully saturated rings. The number of aliphatic hydroxyl groups is 1. The highest BCUT2D eigenvalue weighted by molar-refractivity contribution is 7.89. The van der Waals surface area contributed by atoms with E-state index in [1.165, 1.54) is 6.20 Å². The van der Waals surface area contributed by atoms with Gasteiger partial charge in [-0.15, -0.1) is 0 Å². The highest BCUT2D eigenvalue weighted by Gasteiger charge is 2.22. The number of ether oxygens (including phenoxy) is 1. The molecule has 1 aromatic rings. The molecule has 1 unspecified atom stereocenters. The van der Waals surface area contributed by atoms with Crippen LogP contribution in [0.4, 0.5) is 0 Å². The topological polar surface area (TPSA) is 104 Å². The molecule has 1 aromatic heterocycles. The van der Waals surface area contributed by atoms with Crippen LogP contribution in [-0.4, -0.2) is 43.0 Å². The molecule has 7 nitrogen and oxygen atoms in total. The van der Waals surface area contributed by atoms with Gasteiger partial charge in [-0.25, -0.2) is 13.1 Å². The Hall–Kier alpha value is -0.960. The fraction of sp³-hybridized carbons (Fsp3) is 0.700. The predicted octanol–water partition coefficient (Wildman–Crippen LogP) is -0.251. The summed E-state index contributed by atoms with van der Waals surface area (Å²) < 4.78 is 31.8. The number of sulfonamides is 1. The molecule has 1 atom stereocenters. The fourth-order valence-corrected chi connectivity index (χ4v) is 3.07. The van der Waals surface area contributed by atoms with Crippen molar-refractivity contribution in [2.45, 2.75) is 37.0 Å². The van der Waals surface area contributed by atoms with Crippen LogP contribution in [0.2, 0.25) is 0 Å². The summed E-state index contributed by atoms with van der Waals surface area (Å²) in [4.78, 5) is 0. The first kappa shape index (κ1) is 13.5. The number of hydrogen-bond donors (Lipinski definition) is 3. The van der Waals surface area contributed by atoms with E-state index in [-0.39, 0.29) is 29.8 Å². The van der Waals surface area contributed by atoms with Gasteiger partial charge in [0.25, 0.3) is 10.0 Å². The molecule has 2 heterocycles. The second-order valence-corrected chi connectivity index (χ2v) is 5.93. The van der Waals surface area contributed by atoms with Crippen LogP contribution in [0.15, 0.2) is 11.2 Å². The lowest BCUT2D eigenvalue weighted by molar-refractivity contribution is 0.0200. The van der Waals surface area contributed by atoms with E-state index in [4.69, 9.17) is 9.84 Å². The van der Waals surface area contributed by atoms with Crippen LogP contribution in [0.1, 0.15) is 24.8 Å². The summed E-state index contributed by atoms with van der Waals surface area (Å²) in [5, 5.41) is 14.9. The first-order valence-electron chi connectivity index (χ1n) is 5.88. The van der Waals surface area contributed by atoms with Gasteiger partial charge in [0.15, 0.2) is 5.03 Å². The van der Waals surface area contributed by atoms with Crippen LogP contribution < -0.4 is 4.72 Å². The molecule has 0 saturated carbocycles. The molecule has 0 spiro atoms. The number of aromatic amines is 1. The number of aromatic nitrogens is 2. The van der Waals surface area contributed by atoms with Crippen LogP contribution in [0.3, 0.4) is 0 Å². The van der Waals surface area contributed by atoms with Gasteiger partial charge in [-0.3, -0.25) is 5.10 Å². The van der Waals surface area contributed by atoms with Crippen LogP contribution in [0, 0.1) is 0 Å². The molecule has 1 aliphatic heterocycles. The van der Waals surface area contributed by atoms with E-state index in [9.17, 15) is 8.42 Å². The highest BCUT2D eigenvalue weighted by atomic mass is 32.2. The Bertz CT molecular complexity index is 479. The van der Waals surface area contributed by atoms with Crippen LogP contribution in [0.5, 0.6) is 0 Å². The summed E-state index contributed by atoms with van der Waals surface area (Å²) >= 11 is 0.